The Labute approximate surface area is 147 Å². The van der Waals surface area contributed by atoms with Crippen molar-refractivity contribution in [3.8, 4) is 0 Å². The number of carbonyl (C=O) groups excluding carboxylic acids is 2. The van der Waals surface area contributed by atoms with E-state index in [1.165, 1.54) is 5.56 Å². The van der Waals surface area contributed by atoms with Crippen LogP contribution in [0.25, 0.3) is 0 Å². The normalized spacial score (nSPS) is 13.2. The topological polar surface area (TPSA) is 70.2 Å². The van der Waals surface area contributed by atoms with Crippen molar-refractivity contribution in [2.45, 2.75) is 38.9 Å². The summed E-state index contributed by atoms with van der Waals surface area (Å²) in [7, 11) is 0. The second-order valence-corrected chi connectivity index (χ2v) is 6.47. The van der Waals surface area contributed by atoms with E-state index in [2.05, 4.69) is 16.0 Å². The van der Waals surface area contributed by atoms with Gasteiger partial charge in [0.1, 0.15) is 0 Å². The zero-order valence-electron chi connectivity index (χ0n) is 14.3. The maximum Gasteiger partial charge on any atom is 0.315 e. The Balaban J connectivity index is 1.51. The number of aryl methyl sites for hydroxylation is 1. The van der Waals surface area contributed by atoms with Crippen LogP contribution in [0, 0.1) is 6.92 Å². The van der Waals surface area contributed by atoms with Gasteiger partial charge < -0.3 is 16.0 Å². The molecular weight excluding hydrogens is 314 g/mol. The van der Waals surface area contributed by atoms with E-state index in [0.29, 0.717) is 24.7 Å². The first kappa shape index (κ1) is 17.0. The van der Waals surface area contributed by atoms with Gasteiger partial charge >= 0.3 is 6.03 Å². The van der Waals surface area contributed by atoms with Crippen molar-refractivity contribution in [1.29, 1.82) is 0 Å². The number of amides is 3. The predicted molar refractivity (Wildman–Crippen MR) is 97.2 cm³/mol. The zero-order valence-corrected chi connectivity index (χ0v) is 14.3. The number of hydrogen-bond donors (Lipinski definition) is 3. The number of hydrogen-bond acceptors (Lipinski definition) is 2. The van der Waals surface area contributed by atoms with Gasteiger partial charge in [-0.1, -0.05) is 42.0 Å². The van der Waals surface area contributed by atoms with E-state index in [0.717, 1.165) is 24.0 Å². The van der Waals surface area contributed by atoms with E-state index in [-0.39, 0.29) is 11.9 Å². The number of benzene rings is 2. The highest BCUT2D eigenvalue weighted by Crippen LogP contribution is 2.18. The molecule has 3 amide bonds. The Morgan fingerprint density at radius 2 is 1.68 bits per heavy atom. The Hall–Kier alpha value is -2.82. The van der Waals surface area contributed by atoms with Gasteiger partial charge in [-0.05, 0) is 43.0 Å². The second kappa shape index (κ2) is 7.83. The van der Waals surface area contributed by atoms with E-state index in [9.17, 15) is 9.59 Å². The predicted octanol–water partition coefficient (Wildman–Crippen LogP) is 2.89. The van der Waals surface area contributed by atoms with Gasteiger partial charge in [-0.15, -0.1) is 0 Å². The molecule has 1 aliphatic rings. The van der Waals surface area contributed by atoms with Crippen LogP contribution in [0.3, 0.4) is 0 Å². The molecule has 2 aromatic rings. The first-order valence-corrected chi connectivity index (χ1v) is 8.57. The maximum atomic E-state index is 12.3. The van der Waals surface area contributed by atoms with Gasteiger partial charge in [0.25, 0.3) is 5.91 Å². The molecule has 130 valence electrons. The lowest BCUT2D eigenvalue weighted by atomic mass is 10.1. The third-order valence-corrected chi connectivity index (χ3v) is 4.13. The molecule has 1 fully saturated rings. The van der Waals surface area contributed by atoms with Gasteiger partial charge in [0, 0.05) is 24.7 Å². The van der Waals surface area contributed by atoms with E-state index in [4.69, 9.17) is 0 Å². The lowest BCUT2D eigenvalue weighted by Gasteiger charge is -2.09. The molecule has 0 bridgehead atoms. The molecule has 25 heavy (non-hydrogen) atoms. The highest BCUT2D eigenvalue weighted by atomic mass is 16.2. The lowest BCUT2D eigenvalue weighted by molar-refractivity contribution is 0.0951. The summed E-state index contributed by atoms with van der Waals surface area (Å²) in [5.41, 5.74) is 3.75. The Morgan fingerprint density at radius 1 is 0.960 bits per heavy atom. The van der Waals surface area contributed by atoms with Crippen molar-refractivity contribution in [3.05, 3.63) is 70.8 Å². The van der Waals surface area contributed by atoms with Crippen molar-refractivity contribution in [1.82, 2.24) is 16.0 Å². The Bertz CT molecular complexity index is 752. The molecular formula is C20H23N3O2. The minimum Gasteiger partial charge on any atom is -0.348 e. The van der Waals surface area contributed by atoms with Crippen LogP contribution < -0.4 is 16.0 Å². The minimum absolute atomic E-state index is 0.121. The zero-order chi connectivity index (χ0) is 17.6. The first-order valence-electron chi connectivity index (χ1n) is 8.57. The highest BCUT2D eigenvalue weighted by molar-refractivity contribution is 5.94. The van der Waals surface area contributed by atoms with Gasteiger partial charge in [0.2, 0.25) is 0 Å². The number of nitrogens with one attached hydrogen (secondary N) is 3. The fourth-order valence-electron chi connectivity index (χ4n) is 2.46. The molecule has 3 N–H and O–H groups in total. The van der Waals surface area contributed by atoms with Crippen molar-refractivity contribution < 1.29 is 9.59 Å². The van der Waals surface area contributed by atoms with Gasteiger partial charge in [-0.2, -0.15) is 0 Å². The molecule has 0 unspecified atom stereocenters. The monoisotopic (exact) mass is 337 g/mol. The van der Waals surface area contributed by atoms with Crippen LogP contribution in [0.15, 0.2) is 48.5 Å². The van der Waals surface area contributed by atoms with Gasteiger partial charge in [0.15, 0.2) is 0 Å². The first-order chi connectivity index (χ1) is 12.1. The lowest BCUT2D eigenvalue weighted by Crippen LogP contribution is -2.36. The third kappa shape index (κ3) is 5.35. The summed E-state index contributed by atoms with van der Waals surface area (Å²) >= 11 is 0. The molecule has 2 aromatic carbocycles. The largest absolute Gasteiger partial charge is 0.348 e. The van der Waals surface area contributed by atoms with Gasteiger partial charge in [0.05, 0.1) is 0 Å². The number of carbonyl (C=O) groups is 2. The molecule has 0 radical (unpaired) electrons. The third-order valence-electron chi connectivity index (χ3n) is 4.13. The molecule has 5 nitrogen and oxygen atoms in total. The Morgan fingerprint density at radius 3 is 2.40 bits per heavy atom. The van der Waals surface area contributed by atoms with Gasteiger partial charge in [-0.25, -0.2) is 4.79 Å². The number of rotatable bonds is 6. The molecule has 1 saturated carbocycles. The van der Waals surface area contributed by atoms with Crippen LogP contribution in [0.2, 0.25) is 0 Å². The van der Waals surface area contributed by atoms with Crippen LogP contribution in [0.4, 0.5) is 4.79 Å². The minimum atomic E-state index is -0.156. The molecule has 0 saturated heterocycles. The summed E-state index contributed by atoms with van der Waals surface area (Å²) in [6.07, 6.45) is 2.12. The van der Waals surface area contributed by atoms with E-state index < -0.39 is 0 Å². The molecule has 5 heteroatoms. The standard InChI is InChI=1S/C20H23N3O2/c1-14-5-7-15(8-6-14)12-21-19(24)17-4-2-3-16(11-17)13-22-20(25)23-18-9-10-18/h2-8,11,18H,9-10,12-13H2,1H3,(H,21,24)(H2,22,23,25). The summed E-state index contributed by atoms with van der Waals surface area (Å²) in [5.74, 6) is -0.121. The van der Waals surface area contributed by atoms with Crippen LogP contribution in [0.1, 0.15) is 39.9 Å². The van der Waals surface area contributed by atoms with E-state index in [1.54, 1.807) is 6.07 Å². The highest BCUT2D eigenvalue weighted by Gasteiger charge is 2.22. The molecule has 0 aromatic heterocycles. The average molecular weight is 337 g/mol. The van der Waals surface area contributed by atoms with Crippen LogP contribution in [0.5, 0.6) is 0 Å². The van der Waals surface area contributed by atoms with Crippen molar-refractivity contribution >= 4 is 11.9 Å². The molecule has 0 spiro atoms. The molecule has 0 heterocycles. The maximum absolute atomic E-state index is 12.3. The molecule has 0 atom stereocenters. The Kier molecular flexibility index (Phi) is 5.33. The van der Waals surface area contributed by atoms with Crippen molar-refractivity contribution in [2.75, 3.05) is 0 Å². The number of urea groups is 1. The summed E-state index contributed by atoms with van der Waals surface area (Å²) in [4.78, 5) is 24.0. The second-order valence-electron chi connectivity index (χ2n) is 6.47. The van der Waals surface area contributed by atoms with Crippen molar-refractivity contribution in [2.24, 2.45) is 0 Å². The quantitative estimate of drug-likeness (QED) is 0.758. The molecule has 0 aliphatic heterocycles. The van der Waals surface area contributed by atoms with Crippen LogP contribution >= 0.6 is 0 Å². The SMILES string of the molecule is Cc1ccc(CNC(=O)c2cccc(CNC(=O)NC3CC3)c2)cc1. The summed E-state index contributed by atoms with van der Waals surface area (Å²) in [6, 6.07) is 15.6. The van der Waals surface area contributed by atoms with Gasteiger partial charge in [-0.3, -0.25) is 4.79 Å². The fraction of sp³-hybridized carbons (Fsp3) is 0.300. The van der Waals surface area contributed by atoms with E-state index in [1.807, 2.05) is 49.4 Å². The average Bonchev–Trinajstić information content (AvgIpc) is 3.43. The molecule has 3 rings (SSSR count). The smallest absolute Gasteiger partial charge is 0.315 e. The summed E-state index contributed by atoms with van der Waals surface area (Å²) in [5, 5.41) is 8.61. The fourth-order valence-corrected chi connectivity index (χ4v) is 2.46. The summed E-state index contributed by atoms with van der Waals surface area (Å²) in [6.45, 7) is 2.93. The van der Waals surface area contributed by atoms with Crippen molar-refractivity contribution in [3.63, 3.8) is 0 Å². The van der Waals surface area contributed by atoms with Crippen LogP contribution in [-0.4, -0.2) is 18.0 Å². The van der Waals surface area contributed by atoms with Crippen LogP contribution in [-0.2, 0) is 13.1 Å². The molecule has 1 aliphatic carbocycles. The van der Waals surface area contributed by atoms with E-state index >= 15 is 0 Å². The summed E-state index contributed by atoms with van der Waals surface area (Å²) < 4.78 is 0.